The summed E-state index contributed by atoms with van der Waals surface area (Å²) >= 11 is 12.1. The fourth-order valence-electron chi connectivity index (χ4n) is 1.95. The van der Waals surface area contributed by atoms with Crippen molar-refractivity contribution in [2.75, 3.05) is 0 Å². The molecule has 0 aliphatic rings. The molecule has 0 radical (unpaired) electrons. The third kappa shape index (κ3) is 3.26. The summed E-state index contributed by atoms with van der Waals surface area (Å²) in [5.41, 5.74) is 8.34. The van der Waals surface area contributed by atoms with Gasteiger partial charge in [0, 0.05) is 16.6 Å². The van der Waals surface area contributed by atoms with E-state index < -0.39 is 0 Å². The molecule has 6 heteroatoms. The predicted molar refractivity (Wildman–Crippen MR) is 77.8 cm³/mol. The van der Waals surface area contributed by atoms with Gasteiger partial charge in [-0.25, -0.2) is 4.68 Å². The van der Waals surface area contributed by atoms with Gasteiger partial charge in [0.15, 0.2) is 0 Å². The molecule has 0 unspecified atom stereocenters. The lowest BCUT2D eigenvalue weighted by molar-refractivity contribution is 0.611. The lowest BCUT2D eigenvalue weighted by atomic mass is 10.1. The fourth-order valence-corrected chi connectivity index (χ4v) is 2.47. The van der Waals surface area contributed by atoms with Crippen LogP contribution in [0.1, 0.15) is 25.2 Å². The van der Waals surface area contributed by atoms with Gasteiger partial charge in [-0.2, -0.15) is 0 Å². The van der Waals surface area contributed by atoms with Crippen molar-refractivity contribution in [1.82, 2.24) is 15.0 Å². The molecule has 1 aromatic carbocycles. The fraction of sp³-hybridized carbons (Fsp3) is 0.385. The molecule has 1 heterocycles. The summed E-state index contributed by atoms with van der Waals surface area (Å²) in [6, 6.07) is 5.31. The second-order valence-corrected chi connectivity index (χ2v) is 5.70. The SMILES string of the molecule is CC(C)Cc1c(CN)nnn1-c1cc(Cl)cc(Cl)c1. The van der Waals surface area contributed by atoms with Gasteiger partial charge in [-0.05, 0) is 30.5 Å². The van der Waals surface area contributed by atoms with Crippen LogP contribution in [0.25, 0.3) is 5.69 Å². The average Bonchev–Trinajstić information content (AvgIpc) is 2.69. The Balaban J connectivity index is 2.51. The third-order valence-electron chi connectivity index (χ3n) is 2.73. The smallest absolute Gasteiger partial charge is 0.0999 e. The second-order valence-electron chi connectivity index (χ2n) is 4.82. The number of benzene rings is 1. The molecule has 0 bridgehead atoms. The minimum atomic E-state index is 0.371. The number of aromatic nitrogens is 3. The molecule has 0 saturated heterocycles. The highest BCUT2D eigenvalue weighted by Crippen LogP contribution is 2.23. The number of nitrogens with zero attached hydrogens (tertiary/aromatic N) is 3. The predicted octanol–water partition coefficient (Wildman–Crippen LogP) is 3.23. The van der Waals surface area contributed by atoms with Crippen LogP contribution < -0.4 is 5.73 Å². The van der Waals surface area contributed by atoms with E-state index in [0.29, 0.717) is 22.5 Å². The Labute approximate surface area is 122 Å². The van der Waals surface area contributed by atoms with E-state index in [9.17, 15) is 0 Å². The van der Waals surface area contributed by atoms with Gasteiger partial charge in [0.1, 0.15) is 0 Å². The summed E-state index contributed by atoms with van der Waals surface area (Å²) in [6.45, 7) is 4.65. The summed E-state index contributed by atoms with van der Waals surface area (Å²) in [5, 5.41) is 9.43. The molecule has 0 aliphatic heterocycles. The summed E-state index contributed by atoms with van der Waals surface area (Å²) < 4.78 is 1.76. The maximum Gasteiger partial charge on any atom is 0.0999 e. The van der Waals surface area contributed by atoms with Crippen molar-refractivity contribution in [2.24, 2.45) is 11.7 Å². The minimum absolute atomic E-state index is 0.371. The van der Waals surface area contributed by atoms with E-state index in [2.05, 4.69) is 24.2 Å². The van der Waals surface area contributed by atoms with Crippen molar-refractivity contribution >= 4 is 23.2 Å². The van der Waals surface area contributed by atoms with E-state index in [4.69, 9.17) is 28.9 Å². The van der Waals surface area contributed by atoms with Crippen molar-refractivity contribution in [3.63, 3.8) is 0 Å². The van der Waals surface area contributed by atoms with Gasteiger partial charge in [-0.15, -0.1) is 5.10 Å². The zero-order valence-corrected chi connectivity index (χ0v) is 12.4. The van der Waals surface area contributed by atoms with E-state index in [-0.39, 0.29) is 0 Å². The Morgan fingerprint density at radius 3 is 2.37 bits per heavy atom. The van der Waals surface area contributed by atoms with E-state index in [1.807, 2.05) is 12.1 Å². The van der Waals surface area contributed by atoms with Crippen LogP contribution in [0.4, 0.5) is 0 Å². The number of hydrogen-bond acceptors (Lipinski definition) is 3. The maximum atomic E-state index is 6.03. The lowest BCUT2D eigenvalue weighted by Crippen LogP contribution is -2.09. The Kier molecular flexibility index (Phi) is 4.45. The normalized spacial score (nSPS) is 11.3. The third-order valence-corrected chi connectivity index (χ3v) is 3.17. The molecule has 0 amide bonds. The highest BCUT2D eigenvalue weighted by atomic mass is 35.5. The molecule has 102 valence electrons. The van der Waals surface area contributed by atoms with Crippen LogP contribution in [0.2, 0.25) is 10.0 Å². The van der Waals surface area contributed by atoms with E-state index in [1.54, 1.807) is 10.7 Å². The molecule has 2 N–H and O–H groups in total. The van der Waals surface area contributed by atoms with Gasteiger partial charge >= 0.3 is 0 Å². The summed E-state index contributed by atoms with van der Waals surface area (Å²) in [5.74, 6) is 0.484. The van der Waals surface area contributed by atoms with Crippen LogP contribution >= 0.6 is 23.2 Å². The first-order chi connectivity index (χ1) is 9.01. The van der Waals surface area contributed by atoms with Crippen molar-refractivity contribution < 1.29 is 0 Å². The number of rotatable bonds is 4. The quantitative estimate of drug-likeness (QED) is 0.943. The molecule has 4 nitrogen and oxygen atoms in total. The van der Waals surface area contributed by atoms with Gasteiger partial charge in [0.05, 0.1) is 17.1 Å². The van der Waals surface area contributed by atoms with Crippen LogP contribution in [0.3, 0.4) is 0 Å². The van der Waals surface area contributed by atoms with Gasteiger partial charge in [0.25, 0.3) is 0 Å². The molecular formula is C13H16Cl2N4. The number of nitrogens with two attached hydrogens (primary N) is 1. The molecule has 0 saturated carbocycles. The monoisotopic (exact) mass is 298 g/mol. The first-order valence-electron chi connectivity index (χ1n) is 6.11. The Bertz CT molecular complexity index is 558. The van der Waals surface area contributed by atoms with Gasteiger partial charge in [-0.3, -0.25) is 0 Å². The van der Waals surface area contributed by atoms with Gasteiger partial charge in [-0.1, -0.05) is 42.3 Å². The van der Waals surface area contributed by atoms with E-state index >= 15 is 0 Å². The highest BCUT2D eigenvalue weighted by molar-refractivity contribution is 6.34. The first kappa shape index (κ1) is 14.3. The minimum Gasteiger partial charge on any atom is -0.325 e. The Morgan fingerprint density at radius 1 is 1.21 bits per heavy atom. The van der Waals surface area contributed by atoms with Crippen LogP contribution in [0, 0.1) is 5.92 Å². The molecule has 1 aromatic heterocycles. The number of hydrogen-bond donors (Lipinski definition) is 1. The standard InChI is InChI=1S/C13H16Cl2N4/c1-8(2)3-13-12(7-16)17-18-19(13)11-5-9(14)4-10(15)6-11/h4-6,8H,3,7,16H2,1-2H3. The van der Waals surface area contributed by atoms with Crippen molar-refractivity contribution in [2.45, 2.75) is 26.8 Å². The molecule has 2 aromatic rings. The lowest BCUT2D eigenvalue weighted by Gasteiger charge is -2.10. The zero-order chi connectivity index (χ0) is 14.0. The Morgan fingerprint density at radius 2 is 1.84 bits per heavy atom. The molecule has 0 spiro atoms. The molecule has 0 aliphatic carbocycles. The molecule has 0 fully saturated rings. The summed E-state index contributed by atoms with van der Waals surface area (Å²) in [6.07, 6.45) is 0.851. The topological polar surface area (TPSA) is 56.7 Å². The molecule has 19 heavy (non-hydrogen) atoms. The maximum absolute atomic E-state index is 6.03. The van der Waals surface area contributed by atoms with Gasteiger partial charge < -0.3 is 5.73 Å². The van der Waals surface area contributed by atoms with Crippen LogP contribution in [0.15, 0.2) is 18.2 Å². The van der Waals surface area contributed by atoms with Crippen LogP contribution in [-0.2, 0) is 13.0 Å². The van der Waals surface area contributed by atoms with Crippen LogP contribution in [-0.4, -0.2) is 15.0 Å². The molecule has 2 rings (SSSR count). The summed E-state index contributed by atoms with van der Waals surface area (Å²) in [4.78, 5) is 0. The Hall–Kier alpha value is -1.10. The van der Waals surface area contributed by atoms with Crippen molar-refractivity contribution in [3.8, 4) is 5.69 Å². The van der Waals surface area contributed by atoms with Gasteiger partial charge in [0.2, 0.25) is 0 Å². The first-order valence-corrected chi connectivity index (χ1v) is 6.87. The van der Waals surface area contributed by atoms with Crippen molar-refractivity contribution in [1.29, 1.82) is 0 Å². The highest BCUT2D eigenvalue weighted by Gasteiger charge is 2.15. The summed E-state index contributed by atoms with van der Waals surface area (Å²) in [7, 11) is 0. The van der Waals surface area contributed by atoms with Crippen molar-refractivity contribution in [3.05, 3.63) is 39.6 Å². The van der Waals surface area contributed by atoms with E-state index in [1.165, 1.54) is 0 Å². The molecular weight excluding hydrogens is 283 g/mol. The van der Waals surface area contributed by atoms with Crippen LogP contribution in [0.5, 0.6) is 0 Å². The largest absolute Gasteiger partial charge is 0.325 e. The molecule has 0 atom stereocenters. The van der Waals surface area contributed by atoms with E-state index in [0.717, 1.165) is 23.5 Å². The number of halogens is 2. The second kappa shape index (κ2) is 5.90. The average molecular weight is 299 g/mol. The zero-order valence-electron chi connectivity index (χ0n) is 10.9.